The average molecular weight is 456 g/mol. The predicted octanol–water partition coefficient (Wildman–Crippen LogP) is 3.19. The summed E-state index contributed by atoms with van der Waals surface area (Å²) >= 11 is 0. The lowest BCUT2D eigenvalue weighted by Crippen LogP contribution is -2.36. The summed E-state index contributed by atoms with van der Waals surface area (Å²) in [6.07, 6.45) is 6.46. The van der Waals surface area contributed by atoms with E-state index in [1.54, 1.807) is 43.6 Å². The molecule has 10 heteroatoms. The molecule has 1 saturated heterocycles. The number of aryl methyl sites for hydroxylation is 2. The van der Waals surface area contributed by atoms with Crippen LogP contribution in [0.2, 0.25) is 0 Å². The van der Waals surface area contributed by atoms with E-state index >= 15 is 0 Å². The van der Waals surface area contributed by atoms with Crippen molar-refractivity contribution >= 4 is 21.6 Å². The highest BCUT2D eigenvalue weighted by Gasteiger charge is 2.27. The standard InChI is InChI=1S/C22H25N5O4S/c1-16-5-6-18(15-19(16)32(29,30)27-13-3-2-4-14-27)24-20(28)7-8-21-25-22(26-31-21)17-9-11-23-12-10-17/h5-6,9-12,15H,2-4,7-8,13-14H2,1H3,(H,24,28). The van der Waals surface area contributed by atoms with Crippen molar-refractivity contribution in [3.05, 3.63) is 54.2 Å². The van der Waals surface area contributed by atoms with Crippen LogP contribution in [-0.4, -0.2) is 46.8 Å². The number of carbonyl (C=O) groups excluding carboxylic acids is 1. The van der Waals surface area contributed by atoms with Crippen LogP contribution in [0.15, 0.2) is 52.1 Å². The van der Waals surface area contributed by atoms with E-state index in [2.05, 4.69) is 20.4 Å². The second-order valence-electron chi connectivity index (χ2n) is 7.74. The lowest BCUT2D eigenvalue weighted by Gasteiger charge is -2.26. The Bertz CT molecular complexity index is 1190. The van der Waals surface area contributed by atoms with Crippen LogP contribution in [0, 0.1) is 6.92 Å². The van der Waals surface area contributed by atoms with Crippen LogP contribution < -0.4 is 5.32 Å². The van der Waals surface area contributed by atoms with E-state index in [1.165, 1.54) is 10.4 Å². The van der Waals surface area contributed by atoms with Gasteiger partial charge in [-0.25, -0.2) is 8.42 Å². The van der Waals surface area contributed by atoms with Gasteiger partial charge < -0.3 is 9.84 Å². The van der Waals surface area contributed by atoms with E-state index in [0.29, 0.717) is 36.1 Å². The number of benzene rings is 1. The van der Waals surface area contributed by atoms with E-state index in [0.717, 1.165) is 24.8 Å². The van der Waals surface area contributed by atoms with Crippen LogP contribution in [0.1, 0.15) is 37.1 Å². The molecular weight excluding hydrogens is 430 g/mol. The molecule has 0 spiro atoms. The van der Waals surface area contributed by atoms with E-state index in [4.69, 9.17) is 4.52 Å². The van der Waals surface area contributed by atoms with Gasteiger partial charge in [-0.3, -0.25) is 9.78 Å². The minimum atomic E-state index is -3.59. The molecule has 1 amide bonds. The van der Waals surface area contributed by atoms with Gasteiger partial charge in [0.25, 0.3) is 0 Å². The average Bonchev–Trinajstić information content (AvgIpc) is 3.29. The fourth-order valence-corrected chi connectivity index (χ4v) is 5.39. The lowest BCUT2D eigenvalue weighted by molar-refractivity contribution is -0.116. The van der Waals surface area contributed by atoms with Gasteiger partial charge in [-0.05, 0) is 49.6 Å². The van der Waals surface area contributed by atoms with Crippen molar-refractivity contribution < 1.29 is 17.7 Å². The van der Waals surface area contributed by atoms with Crippen LogP contribution in [0.4, 0.5) is 5.69 Å². The SMILES string of the molecule is Cc1ccc(NC(=O)CCc2nc(-c3ccncc3)no2)cc1S(=O)(=O)N1CCCCC1. The second kappa shape index (κ2) is 9.58. The zero-order valence-corrected chi connectivity index (χ0v) is 18.6. The molecule has 1 aromatic carbocycles. The van der Waals surface area contributed by atoms with Crippen LogP contribution in [0.3, 0.4) is 0 Å². The number of piperidine rings is 1. The highest BCUT2D eigenvalue weighted by atomic mass is 32.2. The first-order chi connectivity index (χ1) is 15.4. The van der Waals surface area contributed by atoms with E-state index in [-0.39, 0.29) is 23.6 Å². The second-order valence-corrected chi connectivity index (χ2v) is 9.65. The summed E-state index contributed by atoms with van der Waals surface area (Å²) in [6.45, 7) is 2.83. The Morgan fingerprint density at radius 3 is 2.62 bits per heavy atom. The Morgan fingerprint density at radius 1 is 1.12 bits per heavy atom. The highest BCUT2D eigenvalue weighted by molar-refractivity contribution is 7.89. The largest absolute Gasteiger partial charge is 0.339 e. The number of hydrogen-bond donors (Lipinski definition) is 1. The fourth-order valence-electron chi connectivity index (χ4n) is 3.62. The highest BCUT2D eigenvalue weighted by Crippen LogP contribution is 2.26. The normalized spacial score (nSPS) is 14.9. The molecule has 1 fully saturated rings. The van der Waals surface area contributed by atoms with Gasteiger partial charge in [-0.15, -0.1) is 0 Å². The molecule has 0 radical (unpaired) electrons. The van der Waals surface area contributed by atoms with Crippen molar-refractivity contribution in [3.63, 3.8) is 0 Å². The van der Waals surface area contributed by atoms with Gasteiger partial charge in [-0.1, -0.05) is 17.6 Å². The number of amides is 1. The molecule has 0 saturated carbocycles. The maximum absolute atomic E-state index is 13.1. The van der Waals surface area contributed by atoms with Crippen LogP contribution in [-0.2, 0) is 21.2 Å². The summed E-state index contributed by atoms with van der Waals surface area (Å²) in [4.78, 5) is 20.9. The quantitative estimate of drug-likeness (QED) is 0.581. The number of nitrogens with one attached hydrogen (secondary N) is 1. The first-order valence-corrected chi connectivity index (χ1v) is 12.0. The van der Waals surface area contributed by atoms with Crippen molar-refractivity contribution in [2.45, 2.75) is 43.9 Å². The number of sulfonamides is 1. The van der Waals surface area contributed by atoms with Gasteiger partial charge in [0.1, 0.15) is 0 Å². The Labute approximate surface area is 186 Å². The third kappa shape index (κ3) is 5.03. The van der Waals surface area contributed by atoms with Crippen molar-refractivity contribution in [1.82, 2.24) is 19.4 Å². The smallest absolute Gasteiger partial charge is 0.243 e. The molecule has 1 aliphatic rings. The summed E-state index contributed by atoms with van der Waals surface area (Å²) in [7, 11) is -3.59. The zero-order valence-electron chi connectivity index (χ0n) is 17.8. The van der Waals surface area contributed by atoms with Gasteiger partial charge in [0.05, 0.1) is 4.90 Å². The molecule has 32 heavy (non-hydrogen) atoms. The Morgan fingerprint density at radius 2 is 1.88 bits per heavy atom. The van der Waals surface area contributed by atoms with Gasteiger partial charge in [-0.2, -0.15) is 9.29 Å². The molecule has 0 bridgehead atoms. The molecule has 168 valence electrons. The number of carbonyl (C=O) groups is 1. The van der Waals surface area contributed by atoms with E-state index in [9.17, 15) is 13.2 Å². The number of hydrogen-bond acceptors (Lipinski definition) is 7. The minimum Gasteiger partial charge on any atom is -0.339 e. The third-order valence-electron chi connectivity index (χ3n) is 5.38. The van der Waals surface area contributed by atoms with Crippen molar-refractivity contribution in [1.29, 1.82) is 0 Å². The number of nitrogens with zero attached hydrogens (tertiary/aromatic N) is 4. The molecule has 3 heterocycles. The third-order valence-corrected chi connectivity index (χ3v) is 7.42. The number of pyridine rings is 1. The fraction of sp³-hybridized carbons (Fsp3) is 0.364. The number of aromatic nitrogens is 3. The maximum atomic E-state index is 13.1. The van der Waals surface area contributed by atoms with Gasteiger partial charge in [0, 0.05) is 49.6 Å². The summed E-state index contributed by atoms with van der Waals surface area (Å²) < 4.78 is 32.9. The molecule has 0 aliphatic carbocycles. The number of rotatable bonds is 7. The molecule has 9 nitrogen and oxygen atoms in total. The first-order valence-electron chi connectivity index (χ1n) is 10.6. The zero-order chi connectivity index (χ0) is 22.6. The summed E-state index contributed by atoms with van der Waals surface area (Å²) in [5.41, 5.74) is 1.88. The molecular formula is C22H25N5O4S. The Hall–Kier alpha value is -3.11. The topological polar surface area (TPSA) is 118 Å². The minimum absolute atomic E-state index is 0.125. The van der Waals surface area contributed by atoms with Crippen molar-refractivity contribution in [2.75, 3.05) is 18.4 Å². The van der Waals surface area contributed by atoms with Crippen molar-refractivity contribution in [3.8, 4) is 11.4 Å². The molecule has 1 aliphatic heterocycles. The molecule has 1 N–H and O–H groups in total. The lowest BCUT2D eigenvalue weighted by atomic mass is 10.2. The van der Waals surface area contributed by atoms with Gasteiger partial charge in [0.15, 0.2) is 0 Å². The van der Waals surface area contributed by atoms with Crippen LogP contribution in [0.25, 0.3) is 11.4 Å². The molecule has 0 unspecified atom stereocenters. The van der Waals surface area contributed by atoms with E-state index in [1.807, 2.05) is 0 Å². The van der Waals surface area contributed by atoms with Crippen LogP contribution >= 0.6 is 0 Å². The Balaban J connectivity index is 1.39. The molecule has 4 rings (SSSR count). The van der Waals surface area contributed by atoms with Crippen molar-refractivity contribution in [2.24, 2.45) is 0 Å². The Kier molecular flexibility index (Phi) is 6.61. The summed E-state index contributed by atoms with van der Waals surface area (Å²) in [5, 5.41) is 6.70. The number of anilines is 1. The monoisotopic (exact) mass is 455 g/mol. The summed E-state index contributed by atoms with van der Waals surface area (Å²) in [5.74, 6) is 0.525. The molecule has 0 atom stereocenters. The molecule has 3 aromatic rings. The summed E-state index contributed by atoms with van der Waals surface area (Å²) in [6, 6.07) is 8.50. The first kappa shape index (κ1) is 22.1. The van der Waals surface area contributed by atoms with Gasteiger partial charge in [0.2, 0.25) is 27.6 Å². The maximum Gasteiger partial charge on any atom is 0.243 e. The van der Waals surface area contributed by atoms with E-state index < -0.39 is 10.0 Å². The molecule has 2 aromatic heterocycles. The van der Waals surface area contributed by atoms with Crippen LogP contribution in [0.5, 0.6) is 0 Å². The van der Waals surface area contributed by atoms with Gasteiger partial charge >= 0.3 is 0 Å². The predicted molar refractivity (Wildman–Crippen MR) is 118 cm³/mol.